The Kier molecular flexibility index (Phi) is 4.01. The summed E-state index contributed by atoms with van der Waals surface area (Å²) in [6.07, 6.45) is 0.958. The summed E-state index contributed by atoms with van der Waals surface area (Å²) in [6.45, 7) is 0. The number of halogens is 1. The summed E-state index contributed by atoms with van der Waals surface area (Å²) in [5, 5.41) is 12.2. The van der Waals surface area contributed by atoms with Crippen LogP contribution in [0, 0.1) is 0 Å². The molecule has 3 rings (SSSR count). The molecule has 0 bridgehead atoms. The van der Waals surface area contributed by atoms with Gasteiger partial charge in [0.05, 0.1) is 11.9 Å². The summed E-state index contributed by atoms with van der Waals surface area (Å²) in [5.41, 5.74) is 1.35. The Hall–Kier alpha value is -2.45. The highest BCUT2D eigenvalue weighted by molar-refractivity contribution is 7.86. The van der Waals surface area contributed by atoms with E-state index in [0.717, 1.165) is 11.8 Å². The van der Waals surface area contributed by atoms with E-state index < -0.39 is 10.1 Å². The van der Waals surface area contributed by atoms with Crippen molar-refractivity contribution >= 4 is 21.7 Å². The molecule has 2 heterocycles. The van der Waals surface area contributed by atoms with E-state index in [9.17, 15) is 8.42 Å². The van der Waals surface area contributed by atoms with Gasteiger partial charge < -0.3 is 4.18 Å². The van der Waals surface area contributed by atoms with Gasteiger partial charge in [-0.05, 0) is 12.1 Å². The quantitative estimate of drug-likeness (QED) is 0.671. The van der Waals surface area contributed by atoms with E-state index in [-0.39, 0.29) is 16.9 Å². The maximum Gasteiger partial charge on any atom is 0.307 e. The van der Waals surface area contributed by atoms with Gasteiger partial charge in [-0.3, -0.25) is 0 Å². The number of hydrogen-bond donors (Lipinski definition) is 0. The SMILES string of the molecule is CS(=O)(=O)Oc1cc(-c2ccccc2)nn1-c1ccc(Cl)nn1. The summed E-state index contributed by atoms with van der Waals surface area (Å²) >= 11 is 5.72. The second-order valence-electron chi connectivity index (χ2n) is 4.65. The Morgan fingerprint density at radius 1 is 1.09 bits per heavy atom. The first-order valence-corrected chi connectivity index (χ1v) is 8.66. The number of rotatable bonds is 4. The van der Waals surface area contributed by atoms with Crippen LogP contribution in [0.1, 0.15) is 0 Å². The minimum absolute atomic E-state index is 0.0166. The Labute approximate surface area is 137 Å². The summed E-state index contributed by atoms with van der Waals surface area (Å²) in [6, 6.07) is 13.9. The zero-order chi connectivity index (χ0) is 16.4. The average Bonchev–Trinajstić information content (AvgIpc) is 2.91. The molecule has 118 valence electrons. The molecule has 0 amide bonds. The van der Waals surface area contributed by atoms with Gasteiger partial charge >= 0.3 is 10.1 Å². The maximum atomic E-state index is 11.5. The summed E-state index contributed by atoms with van der Waals surface area (Å²) in [7, 11) is -3.72. The van der Waals surface area contributed by atoms with E-state index >= 15 is 0 Å². The number of hydrogen-bond acceptors (Lipinski definition) is 6. The molecule has 9 heteroatoms. The zero-order valence-corrected chi connectivity index (χ0v) is 13.5. The molecule has 2 aromatic heterocycles. The van der Waals surface area contributed by atoms with Gasteiger partial charge in [-0.15, -0.1) is 10.2 Å². The van der Waals surface area contributed by atoms with Crippen molar-refractivity contribution < 1.29 is 12.6 Å². The predicted octanol–water partition coefficient (Wildman–Crippen LogP) is 2.32. The van der Waals surface area contributed by atoms with Crippen molar-refractivity contribution in [1.82, 2.24) is 20.0 Å². The van der Waals surface area contributed by atoms with E-state index in [1.807, 2.05) is 30.3 Å². The lowest BCUT2D eigenvalue weighted by Gasteiger charge is -2.05. The fourth-order valence-corrected chi connectivity index (χ4v) is 2.44. The van der Waals surface area contributed by atoms with E-state index in [2.05, 4.69) is 15.3 Å². The van der Waals surface area contributed by atoms with Gasteiger partial charge in [0.25, 0.3) is 0 Å². The largest absolute Gasteiger partial charge is 0.362 e. The van der Waals surface area contributed by atoms with Crippen LogP contribution in [0.3, 0.4) is 0 Å². The highest BCUT2D eigenvalue weighted by Crippen LogP contribution is 2.26. The van der Waals surface area contributed by atoms with Crippen LogP contribution in [0.2, 0.25) is 5.15 Å². The third-order valence-corrected chi connectivity index (χ3v) is 3.49. The van der Waals surface area contributed by atoms with E-state index in [1.54, 1.807) is 6.07 Å². The maximum absolute atomic E-state index is 11.5. The molecule has 0 saturated heterocycles. The highest BCUT2D eigenvalue weighted by atomic mass is 35.5. The van der Waals surface area contributed by atoms with Crippen molar-refractivity contribution in [1.29, 1.82) is 0 Å². The predicted molar refractivity (Wildman–Crippen MR) is 85.1 cm³/mol. The summed E-state index contributed by atoms with van der Waals surface area (Å²) in [5.74, 6) is 0.304. The molecule has 0 fully saturated rings. The van der Waals surface area contributed by atoms with Gasteiger partial charge in [0.15, 0.2) is 11.0 Å². The topological polar surface area (TPSA) is 87.0 Å². The molecule has 0 aliphatic heterocycles. The van der Waals surface area contributed by atoms with Crippen molar-refractivity contribution in [2.24, 2.45) is 0 Å². The van der Waals surface area contributed by atoms with Gasteiger partial charge in [0, 0.05) is 11.6 Å². The van der Waals surface area contributed by atoms with Gasteiger partial charge in [-0.1, -0.05) is 41.9 Å². The number of aromatic nitrogens is 4. The van der Waals surface area contributed by atoms with Crippen molar-refractivity contribution in [3.05, 3.63) is 53.7 Å². The molecule has 0 N–H and O–H groups in total. The molecule has 0 aliphatic carbocycles. The van der Waals surface area contributed by atoms with Gasteiger partial charge in [0.1, 0.15) is 0 Å². The molecule has 0 radical (unpaired) electrons. The first-order chi connectivity index (χ1) is 10.9. The van der Waals surface area contributed by atoms with Crippen LogP contribution >= 0.6 is 11.6 Å². The lowest BCUT2D eigenvalue weighted by atomic mass is 10.2. The molecule has 0 aliphatic rings. The second-order valence-corrected chi connectivity index (χ2v) is 6.61. The summed E-state index contributed by atoms with van der Waals surface area (Å²) < 4.78 is 29.2. The fourth-order valence-electron chi connectivity index (χ4n) is 1.91. The number of nitrogens with zero attached hydrogens (tertiary/aromatic N) is 4. The molecule has 0 atom stereocenters. The molecular formula is C14H11ClN4O3S. The third kappa shape index (κ3) is 3.66. The van der Waals surface area contributed by atoms with Crippen LogP contribution in [0.25, 0.3) is 17.1 Å². The van der Waals surface area contributed by atoms with Crippen LogP contribution < -0.4 is 4.18 Å². The van der Waals surface area contributed by atoms with E-state index in [0.29, 0.717) is 5.69 Å². The van der Waals surface area contributed by atoms with E-state index in [1.165, 1.54) is 16.8 Å². The fraction of sp³-hybridized carbons (Fsp3) is 0.0714. The Balaban J connectivity index is 2.12. The van der Waals surface area contributed by atoms with Crippen molar-refractivity contribution in [2.75, 3.05) is 6.26 Å². The van der Waals surface area contributed by atoms with Crippen LogP contribution in [-0.4, -0.2) is 34.7 Å². The second kappa shape index (κ2) is 5.98. The monoisotopic (exact) mass is 350 g/mol. The van der Waals surface area contributed by atoms with Gasteiger partial charge in [-0.2, -0.15) is 18.2 Å². The van der Waals surface area contributed by atoms with Crippen molar-refractivity contribution in [2.45, 2.75) is 0 Å². The molecule has 23 heavy (non-hydrogen) atoms. The smallest absolute Gasteiger partial charge is 0.307 e. The molecule has 3 aromatic rings. The lowest BCUT2D eigenvalue weighted by Crippen LogP contribution is -2.11. The minimum atomic E-state index is -3.72. The molecular weight excluding hydrogens is 340 g/mol. The molecule has 7 nitrogen and oxygen atoms in total. The van der Waals surface area contributed by atoms with Gasteiger partial charge in [0.2, 0.25) is 5.88 Å². The number of benzene rings is 1. The van der Waals surface area contributed by atoms with Crippen molar-refractivity contribution in [3.8, 4) is 23.0 Å². The molecule has 1 aromatic carbocycles. The first kappa shape index (κ1) is 15.4. The van der Waals surface area contributed by atoms with Crippen LogP contribution in [0.5, 0.6) is 5.88 Å². The standard InChI is InChI=1S/C14H11ClN4O3S/c1-23(20,21)22-14-9-11(10-5-3-2-4-6-10)18-19(14)13-8-7-12(15)16-17-13/h2-9H,1H3. The van der Waals surface area contributed by atoms with E-state index in [4.69, 9.17) is 15.8 Å². The molecule has 0 unspecified atom stereocenters. The lowest BCUT2D eigenvalue weighted by molar-refractivity contribution is 0.469. The van der Waals surface area contributed by atoms with Crippen molar-refractivity contribution in [3.63, 3.8) is 0 Å². The van der Waals surface area contributed by atoms with Crippen LogP contribution in [0.15, 0.2) is 48.5 Å². The van der Waals surface area contributed by atoms with Crippen LogP contribution in [-0.2, 0) is 10.1 Å². The normalized spacial score (nSPS) is 11.4. The highest BCUT2D eigenvalue weighted by Gasteiger charge is 2.17. The Bertz CT molecular complexity index is 924. The first-order valence-electron chi connectivity index (χ1n) is 6.47. The minimum Gasteiger partial charge on any atom is -0.362 e. The van der Waals surface area contributed by atoms with Gasteiger partial charge in [-0.25, -0.2) is 0 Å². The molecule has 0 spiro atoms. The molecule has 0 saturated carbocycles. The summed E-state index contributed by atoms with van der Waals surface area (Å²) in [4.78, 5) is 0. The zero-order valence-electron chi connectivity index (χ0n) is 11.9. The Morgan fingerprint density at radius 2 is 1.83 bits per heavy atom. The Morgan fingerprint density at radius 3 is 2.43 bits per heavy atom. The average molecular weight is 351 g/mol. The van der Waals surface area contributed by atoms with Crippen LogP contribution in [0.4, 0.5) is 0 Å². The third-order valence-electron chi connectivity index (χ3n) is 2.82.